The molecule has 0 aliphatic carbocycles. The van der Waals surface area contributed by atoms with Crippen molar-refractivity contribution in [2.24, 2.45) is 11.3 Å². The van der Waals surface area contributed by atoms with E-state index in [2.05, 4.69) is 10.6 Å². The van der Waals surface area contributed by atoms with Crippen LogP contribution in [0.3, 0.4) is 0 Å². The van der Waals surface area contributed by atoms with Gasteiger partial charge in [-0.05, 0) is 31.0 Å². The van der Waals surface area contributed by atoms with E-state index in [1.807, 2.05) is 32.9 Å². The van der Waals surface area contributed by atoms with Crippen molar-refractivity contribution in [1.82, 2.24) is 10.6 Å². The molecule has 2 amide bonds. The molecule has 0 aromatic carbocycles. The molecule has 1 heterocycles. The van der Waals surface area contributed by atoms with Crippen LogP contribution in [0.5, 0.6) is 0 Å². The van der Waals surface area contributed by atoms with Crippen LogP contribution in [0.25, 0.3) is 0 Å². The number of hydrogen-bond acceptors (Lipinski definition) is 3. The molecule has 1 aliphatic heterocycles. The lowest BCUT2D eigenvalue weighted by atomic mass is 9.72. The molecule has 1 fully saturated rings. The Morgan fingerprint density at radius 2 is 1.76 bits per heavy atom. The Hall–Kier alpha value is -1.23. The fourth-order valence-electron chi connectivity index (χ4n) is 1.95. The summed E-state index contributed by atoms with van der Waals surface area (Å²) in [4.78, 5) is 24.2. The molecule has 0 aromatic rings. The molecule has 0 atom stereocenters. The first-order chi connectivity index (χ1) is 7.95. The van der Waals surface area contributed by atoms with E-state index in [-0.39, 0.29) is 22.8 Å². The van der Waals surface area contributed by atoms with Crippen molar-refractivity contribution in [3.05, 3.63) is 12.2 Å². The maximum Gasteiger partial charge on any atom is 0.242 e. The molecule has 0 radical (unpaired) electrons. The minimum atomic E-state index is -1.05. The Labute approximate surface area is 107 Å². The van der Waals surface area contributed by atoms with Crippen LogP contribution in [0.4, 0.5) is 0 Å². The first-order valence-corrected chi connectivity index (χ1v) is 6.17. The predicted molar refractivity (Wildman–Crippen MR) is 70.2 cm³/mol. The van der Waals surface area contributed by atoms with Gasteiger partial charge in [0, 0.05) is 0 Å². The van der Waals surface area contributed by atoms with Gasteiger partial charge in [-0.3, -0.25) is 9.59 Å². The number of carbonyl (C=O) groups is 2. The van der Waals surface area contributed by atoms with Crippen molar-refractivity contribution >= 4 is 29.1 Å². The Morgan fingerprint density at radius 3 is 2.18 bits per heavy atom. The first kappa shape index (κ1) is 13.8. The highest BCUT2D eigenvalue weighted by Crippen LogP contribution is 2.34. The molecule has 5 heteroatoms. The van der Waals surface area contributed by atoms with E-state index in [9.17, 15) is 9.59 Å². The lowest BCUT2D eigenvalue weighted by Gasteiger charge is -2.37. The maximum absolute atomic E-state index is 12.1. The van der Waals surface area contributed by atoms with Crippen molar-refractivity contribution in [3.63, 3.8) is 0 Å². The van der Waals surface area contributed by atoms with Gasteiger partial charge in [-0.25, -0.2) is 0 Å². The summed E-state index contributed by atoms with van der Waals surface area (Å²) < 4.78 is 0. The van der Waals surface area contributed by atoms with Crippen LogP contribution in [0.15, 0.2) is 12.2 Å². The number of hydrogen-bond donors (Lipinski definition) is 2. The average Bonchev–Trinajstić information content (AvgIpc) is 2.21. The summed E-state index contributed by atoms with van der Waals surface area (Å²) in [6.45, 7) is 5.75. The van der Waals surface area contributed by atoms with Gasteiger partial charge in [0.15, 0.2) is 5.11 Å². The zero-order chi connectivity index (χ0) is 13.1. The van der Waals surface area contributed by atoms with E-state index in [4.69, 9.17) is 12.2 Å². The molecular formula is C12H18N2O2S. The fraction of sp³-hybridized carbons (Fsp3) is 0.583. The molecule has 4 nitrogen and oxygen atoms in total. The van der Waals surface area contributed by atoms with Crippen molar-refractivity contribution < 1.29 is 9.59 Å². The summed E-state index contributed by atoms with van der Waals surface area (Å²) in [6.07, 6.45) is 5.12. The van der Waals surface area contributed by atoms with Crippen LogP contribution in [-0.2, 0) is 9.59 Å². The van der Waals surface area contributed by atoms with Gasteiger partial charge in [-0.1, -0.05) is 32.9 Å². The van der Waals surface area contributed by atoms with E-state index in [1.165, 1.54) is 0 Å². The van der Waals surface area contributed by atoms with Crippen LogP contribution in [0, 0.1) is 11.3 Å². The van der Waals surface area contributed by atoms with E-state index in [0.29, 0.717) is 6.42 Å². The molecule has 0 bridgehead atoms. The molecule has 17 heavy (non-hydrogen) atoms. The standard InChI is InChI=1S/C12H18N2O2S/c1-4-5-6-7-12(8(2)3)9(15)13-11(17)14-10(12)16/h5-6,8H,4,7H2,1-3H3,(H2,13,14,15,16,17). The number of thiocarbonyl (C=S) groups is 1. The minimum Gasteiger partial charge on any atom is -0.302 e. The third-order valence-electron chi connectivity index (χ3n) is 3.09. The van der Waals surface area contributed by atoms with Gasteiger partial charge in [0.1, 0.15) is 5.41 Å². The summed E-state index contributed by atoms with van der Waals surface area (Å²) >= 11 is 4.80. The van der Waals surface area contributed by atoms with Crippen LogP contribution in [-0.4, -0.2) is 16.9 Å². The van der Waals surface area contributed by atoms with Crippen molar-refractivity contribution in [2.45, 2.75) is 33.6 Å². The second-order valence-electron chi connectivity index (χ2n) is 4.45. The molecule has 1 rings (SSSR count). The van der Waals surface area contributed by atoms with Crippen molar-refractivity contribution in [2.75, 3.05) is 0 Å². The SMILES string of the molecule is CCC=CCC1(C(C)C)C(=O)NC(=S)NC1=O. The lowest BCUT2D eigenvalue weighted by molar-refractivity contribution is -0.146. The van der Waals surface area contributed by atoms with Gasteiger partial charge in [0.05, 0.1) is 0 Å². The van der Waals surface area contributed by atoms with Crippen molar-refractivity contribution in [3.8, 4) is 0 Å². The average molecular weight is 254 g/mol. The summed E-state index contributed by atoms with van der Waals surface area (Å²) in [6, 6.07) is 0. The molecule has 1 aliphatic rings. The third-order valence-corrected chi connectivity index (χ3v) is 3.30. The number of rotatable bonds is 4. The largest absolute Gasteiger partial charge is 0.302 e. The Bertz CT molecular complexity index is 355. The summed E-state index contributed by atoms with van der Waals surface area (Å²) in [5, 5.41) is 5.16. The third kappa shape index (κ3) is 2.54. The second kappa shape index (κ2) is 5.40. The summed E-state index contributed by atoms with van der Waals surface area (Å²) in [7, 11) is 0. The highest BCUT2D eigenvalue weighted by molar-refractivity contribution is 7.80. The molecular weight excluding hydrogens is 236 g/mol. The molecule has 2 N–H and O–H groups in total. The quantitative estimate of drug-likeness (QED) is 0.454. The predicted octanol–water partition coefficient (Wildman–Crippen LogP) is 1.52. The van der Waals surface area contributed by atoms with Gasteiger partial charge in [0.2, 0.25) is 11.8 Å². The smallest absolute Gasteiger partial charge is 0.242 e. The highest BCUT2D eigenvalue weighted by Gasteiger charge is 2.50. The van der Waals surface area contributed by atoms with E-state index >= 15 is 0 Å². The summed E-state index contributed by atoms with van der Waals surface area (Å²) in [5.74, 6) is -0.698. The van der Waals surface area contributed by atoms with Gasteiger partial charge < -0.3 is 10.6 Å². The monoisotopic (exact) mass is 254 g/mol. The number of carbonyl (C=O) groups excluding carboxylic acids is 2. The molecule has 0 spiro atoms. The van der Waals surface area contributed by atoms with Crippen LogP contribution < -0.4 is 10.6 Å². The zero-order valence-corrected chi connectivity index (χ0v) is 11.2. The van der Waals surface area contributed by atoms with E-state index in [1.54, 1.807) is 0 Å². The number of amides is 2. The Morgan fingerprint density at radius 1 is 1.24 bits per heavy atom. The van der Waals surface area contributed by atoms with Gasteiger partial charge >= 0.3 is 0 Å². The number of allylic oxidation sites excluding steroid dienone is 2. The molecule has 0 unspecified atom stereocenters. The van der Waals surface area contributed by atoms with E-state index < -0.39 is 5.41 Å². The minimum absolute atomic E-state index is 0.0906. The Balaban J connectivity index is 3.04. The summed E-state index contributed by atoms with van der Waals surface area (Å²) in [5.41, 5.74) is -1.05. The Kier molecular flexibility index (Phi) is 4.40. The molecule has 1 saturated heterocycles. The molecule has 94 valence electrons. The maximum atomic E-state index is 12.1. The van der Waals surface area contributed by atoms with E-state index in [0.717, 1.165) is 6.42 Å². The topological polar surface area (TPSA) is 58.2 Å². The van der Waals surface area contributed by atoms with Gasteiger partial charge in [-0.15, -0.1) is 0 Å². The van der Waals surface area contributed by atoms with Gasteiger partial charge in [0.25, 0.3) is 0 Å². The second-order valence-corrected chi connectivity index (χ2v) is 4.86. The lowest BCUT2D eigenvalue weighted by Crippen LogP contribution is -2.64. The van der Waals surface area contributed by atoms with Crippen LogP contribution in [0.2, 0.25) is 0 Å². The van der Waals surface area contributed by atoms with Crippen molar-refractivity contribution in [1.29, 1.82) is 0 Å². The molecule has 0 saturated carbocycles. The highest BCUT2D eigenvalue weighted by atomic mass is 32.1. The number of nitrogens with one attached hydrogen (secondary N) is 2. The van der Waals surface area contributed by atoms with Crippen LogP contribution in [0.1, 0.15) is 33.6 Å². The first-order valence-electron chi connectivity index (χ1n) is 5.77. The fourth-order valence-corrected chi connectivity index (χ4v) is 2.13. The van der Waals surface area contributed by atoms with Gasteiger partial charge in [-0.2, -0.15) is 0 Å². The normalized spacial score (nSPS) is 19.6. The molecule has 0 aromatic heterocycles. The zero-order valence-electron chi connectivity index (χ0n) is 10.4. The van der Waals surface area contributed by atoms with Crippen LogP contribution >= 0.6 is 12.2 Å².